The molecule has 2 N–H and O–H groups in total. The highest BCUT2D eigenvalue weighted by Crippen LogP contribution is 2.38. The van der Waals surface area contributed by atoms with E-state index >= 15 is 0 Å². The van der Waals surface area contributed by atoms with Crippen molar-refractivity contribution < 1.29 is 0 Å². The van der Waals surface area contributed by atoms with Crippen LogP contribution < -0.4 is 5.73 Å². The van der Waals surface area contributed by atoms with Crippen molar-refractivity contribution in [1.82, 2.24) is 9.80 Å². The van der Waals surface area contributed by atoms with Crippen LogP contribution in [0, 0.1) is 5.92 Å². The quantitative estimate of drug-likeness (QED) is 0.848. The summed E-state index contributed by atoms with van der Waals surface area (Å²) in [6.45, 7) is 5.65. The highest BCUT2D eigenvalue weighted by atomic mass is 15.3. The first-order valence-electron chi connectivity index (χ1n) is 8.23. The second kappa shape index (κ2) is 6.55. The molecule has 2 fully saturated rings. The minimum absolute atomic E-state index is 0.286. The fourth-order valence-corrected chi connectivity index (χ4v) is 4.17. The summed E-state index contributed by atoms with van der Waals surface area (Å²) in [6.07, 6.45) is 9.39. The topological polar surface area (TPSA) is 32.5 Å². The number of nitrogens with zero attached hydrogens (tertiary/aromatic N) is 2. The molecule has 0 aromatic heterocycles. The lowest BCUT2D eigenvalue weighted by molar-refractivity contribution is 0.00480. The molecular formula is C16H33N3. The van der Waals surface area contributed by atoms with Crippen molar-refractivity contribution in [3.63, 3.8) is 0 Å². The molecule has 1 aliphatic carbocycles. The van der Waals surface area contributed by atoms with Gasteiger partial charge in [0.2, 0.25) is 0 Å². The lowest BCUT2D eigenvalue weighted by Gasteiger charge is -2.50. The first kappa shape index (κ1) is 15.3. The molecule has 112 valence electrons. The Morgan fingerprint density at radius 2 is 1.95 bits per heavy atom. The molecule has 2 aliphatic rings. The van der Waals surface area contributed by atoms with E-state index in [1.165, 1.54) is 58.0 Å². The molecule has 1 unspecified atom stereocenters. The molecule has 0 aromatic carbocycles. The van der Waals surface area contributed by atoms with E-state index in [1.807, 2.05) is 0 Å². The monoisotopic (exact) mass is 267 g/mol. The lowest BCUT2D eigenvalue weighted by atomic mass is 9.74. The molecule has 3 nitrogen and oxygen atoms in total. The Labute approximate surface area is 119 Å². The van der Waals surface area contributed by atoms with E-state index in [4.69, 9.17) is 5.73 Å². The predicted octanol–water partition coefficient (Wildman–Crippen LogP) is 2.31. The van der Waals surface area contributed by atoms with Gasteiger partial charge in [0.05, 0.1) is 0 Å². The van der Waals surface area contributed by atoms with Crippen LogP contribution in [0.4, 0.5) is 0 Å². The number of hydrogen-bond donors (Lipinski definition) is 1. The minimum Gasteiger partial charge on any atom is -0.329 e. The molecule has 3 heteroatoms. The van der Waals surface area contributed by atoms with Crippen LogP contribution in [0.2, 0.25) is 0 Å². The fourth-order valence-electron chi connectivity index (χ4n) is 4.17. The third-order valence-electron chi connectivity index (χ3n) is 5.89. The molecule has 0 radical (unpaired) electrons. The Hall–Kier alpha value is -0.120. The average molecular weight is 267 g/mol. The molecule has 0 bridgehead atoms. The summed E-state index contributed by atoms with van der Waals surface area (Å²) in [7, 11) is 4.59. The van der Waals surface area contributed by atoms with Gasteiger partial charge >= 0.3 is 0 Å². The van der Waals surface area contributed by atoms with Gasteiger partial charge in [0.25, 0.3) is 0 Å². The first-order valence-corrected chi connectivity index (χ1v) is 8.23. The van der Waals surface area contributed by atoms with Crippen molar-refractivity contribution in [3.8, 4) is 0 Å². The molecule has 1 aliphatic heterocycles. The van der Waals surface area contributed by atoms with E-state index < -0.39 is 0 Å². The van der Waals surface area contributed by atoms with Crippen LogP contribution >= 0.6 is 0 Å². The zero-order valence-corrected chi connectivity index (χ0v) is 13.2. The molecule has 0 amide bonds. The Morgan fingerprint density at radius 3 is 2.47 bits per heavy atom. The van der Waals surface area contributed by atoms with E-state index in [9.17, 15) is 0 Å². The van der Waals surface area contributed by atoms with E-state index in [1.54, 1.807) is 0 Å². The summed E-state index contributed by atoms with van der Waals surface area (Å²) in [5, 5.41) is 0. The van der Waals surface area contributed by atoms with Gasteiger partial charge in [-0.15, -0.1) is 0 Å². The normalized spacial score (nSPS) is 37.7. The Kier molecular flexibility index (Phi) is 5.27. The van der Waals surface area contributed by atoms with Crippen molar-refractivity contribution in [3.05, 3.63) is 0 Å². The van der Waals surface area contributed by atoms with E-state index in [0.29, 0.717) is 6.04 Å². The number of hydrogen-bond acceptors (Lipinski definition) is 3. The first-order chi connectivity index (χ1) is 9.11. The zero-order valence-electron chi connectivity index (χ0n) is 13.2. The standard InChI is InChI=1S/C16H33N3/c1-4-14-7-9-16(13-17,10-8-14)19(3)15-6-5-11-18(2)12-15/h14-15H,4-13,17H2,1-3H3. The molecule has 0 spiro atoms. The van der Waals surface area contributed by atoms with Crippen LogP contribution in [0.15, 0.2) is 0 Å². The summed E-state index contributed by atoms with van der Waals surface area (Å²) in [5.41, 5.74) is 6.50. The summed E-state index contributed by atoms with van der Waals surface area (Å²) < 4.78 is 0. The number of nitrogens with two attached hydrogens (primary N) is 1. The highest BCUT2D eigenvalue weighted by Gasteiger charge is 2.40. The second-order valence-corrected chi connectivity index (χ2v) is 6.95. The molecule has 0 aromatic rings. The Morgan fingerprint density at radius 1 is 1.26 bits per heavy atom. The molecule has 1 saturated heterocycles. The number of likely N-dealkylation sites (tertiary alicyclic amines) is 1. The van der Waals surface area contributed by atoms with E-state index in [0.717, 1.165) is 12.5 Å². The van der Waals surface area contributed by atoms with Crippen molar-refractivity contribution >= 4 is 0 Å². The minimum atomic E-state index is 0.286. The van der Waals surface area contributed by atoms with E-state index in [-0.39, 0.29) is 5.54 Å². The largest absolute Gasteiger partial charge is 0.329 e. The molecular weight excluding hydrogens is 234 g/mol. The molecule has 1 heterocycles. The molecule has 1 atom stereocenters. The number of rotatable bonds is 4. The number of likely N-dealkylation sites (N-methyl/N-ethyl adjacent to an activating group) is 2. The van der Waals surface area contributed by atoms with Crippen LogP contribution in [-0.4, -0.2) is 55.1 Å². The van der Waals surface area contributed by atoms with Gasteiger partial charge in [0, 0.05) is 24.7 Å². The smallest absolute Gasteiger partial charge is 0.0332 e. The van der Waals surface area contributed by atoms with Crippen LogP contribution in [0.5, 0.6) is 0 Å². The SMILES string of the molecule is CCC1CCC(CN)(N(C)C2CCCN(C)C2)CC1. The molecule has 1 saturated carbocycles. The zero-order chi connectivity index (χ0) is 13.9. The van der Waals surface area contributed by atoms with Crippen LogP contribution in [-0.2, 0) is 0 Å². The van der Waals surface area contributed by atoms with Gasteiger partial charge in [-0.3, -0.25) is 4.90 Å². The Balaban J connectivity index is 2.00. The maximum atomic E-state index is 6.21. The maximum Gasteiger partial charge on any atom is 0.0332 e. The van der Waals surface area contributed by atoms with Crippen LogP contribution in [0.25, 0.3) is 0 Å². The van der Waals surface area contributed by atoms with Gasteiger partial charge in [-0.05, 0) is 65.1 Å². The lowest BCUT2D eigenvalue weighted by Crippen LogP contribution is -2.60. The Bertz CT molecular complexity index is 271. The van der Waals surface area contributed by atoms with Crippen LogP contribution in [0.1, 0.15) is 51.9 Å². The van der Waals surface area contributed by atoms with Gasteiger partial charge in [-0.2, -0.15) is 0 Å². The maximum absolute atomic E-state index is 6.21. The van der Waals surface area contributed by atoms with Gasteiger partial charge in [-0.25, -0.2) is 0 Å². The van der Waals surface area contributed by atoms with Gasteiger partial charge < -0.3 is 10.6 Å². The average Bonchev–Trinajstić information content (AvgIpc) is 2.46. The van der Waals surface area contributed by atoms with E-state index in [2.05, 4.69) is 30.8 Å². The summed E-state index contributed by atoms with van der Waals surface area (Å²) in [5.74, 6) is 0.946. The van der Waals surface area contributed by atoms with Gasteiger partial charge in [0.15, 0.2) is 0 Å². The van der Waals surface area contributed by atoms with Crippen molar-refractivity contribution in [2.24, 2.45) is 11.7 Å². The van der Waals surface area contributed by atoms with Crippen molar-refractivity contribution in [1.29, 1.82) is 0 Å². The fraction of sp³-hybridized carbons (Fsp3) is 1.00. The second-order valence-electron chi connectivity index (χ2n) is 6.95. The van der Waals surface area contributed by atoms with Crippen molar-refractivity contribution in [2.75, 3.05) is 33.7 Å². The highest BCUT2D eigenvalue weighted by molar-refractivity contribution is 4.98. The molecule has 2 rings (SSSR count). The van der Waals surface area contributed by atoms with Gasteiger partial charge in [0.1, 0.15) is 0 Å². The van der Waals surface area contributed by atoms with Gasteiger partial charge in [-0.1, -0.05) is 13.3 Å². The third-order valence-corrected chi connectivity index (χ3v) is 5.89. The number of piperidine rings is 1. The summed E-state index contributed by atoms with van der Waals surface area (Å²) in [4.78, 5) is 5.14. The van der Waals surface area contributed by atoms with Crippen molar-refractivity contribution in [2.45, 2.75) is 63.5 Å². The predicted molar refractivity (Wildman–Crippen MR) is 82.3 cm³/mol. The van der Waals surface area contributed by atoms with Crippen LogP contribution in [0.3, 0.4) is 0 Å². The summed E-state index contributed by atoms with van der Waals surface area (Å²) in [6, 6.07) is 0.709. The third kappa shape index (κ3) is 3.32. The summed E-state index contributed by atoms with van der Waals surface area (Å²) >= 11 is 0. The molecule has 19 heavy (non-hydrogen) atoms.